The number of morpholine rings is 1. The molecule has 0 saturated carbocycles. The van der Waals surface area contributed by atoms with Crippen LogP contribution in [0.25, 0.3) is 0 Å². The summed E-state index contributed by atoms with van der Waals surface area (Å²) in [5, 5.41) is 3.76. The number of nitrogens with zero attached hydrogens (tertiary/aromatic N) is 2. The van der Waals surface area contributed by atoms with E-state index in [0.717, 1.165) is 56.4 Å². The van der Waals surface area contributed by atoms with Crippen LogP contribution in [0, 0.1) is 0 Å². The van der Waals surface area contributed by atoms with Crippen molar-refractivity contribution in [3.05, 3.63) is 46.0 Å². The maximum absolute atomic E-state index is 12.7. The second-order valence-corrected chi connectivity index (χ2v) is 8.43. The van der Waals surface area contributed by atoms with Crippen molar-refractivity contribution in [3.63, 3.8) is 0 Å². The quantitative estimate of drug-likeness (QED) is 0.868. The van der Waals surface area contributed by atoms with Crippen molar-refractivity contribution in [3.8, 4) is 0 Å². The van der Waals surface area contributed by atoms with Gasteiger partial charge in [-0.1, -0.05) is 25.0 Å². The lowest BCUT2D eigenvalue weighted by Gasteiger charge is -2.26. The number of hydrogen-bond donors (Lipinski definition) is 1. The van der Waals surface area contributed by atoms with Crippen LogP contribution < -0.4 is 5.32 Å². The molecule has 1 fully saturated rings. The van der Waals surface area contributed by atoms with E-state index in [1.165, 1.54) is 36.3 Å². The average Bonchev–Trinajstić information content (AvgIpc) is 3.03. The van der Waals surface area contributed by atoms with Crippen LogP contribution in [-0.2, 0) is 24.1 Å². The van der Waals surface area contributed by atoms with E-state index in [1.54, 1.807) is 11.3 Å². The molecule has 27 heavy (non-hydrogen) atoms. The van der Waals surface area contributed by atoms with Gasteiger partial charge in [0.1, 0.15) is 0 Å². The monoisotopic (exact) mass is 385 g/mol. The molecular weight excluding hydrogens is 358 g/mol. The molecular formula is C21H27N3O2S. The lowest BCUT2D eigenvalue weighted by atomic mass is 10.0. The standard InChI is InChI=1S/C21H27N3O2S/c25-20(23-21-22-18-8-3-1-2-4-9-19(18)27-21)17-7-5-6-16(14-17)15-24-10-12-26-13-11-24/h5-7,14H,1-4,8-13,15H2,(H,22,23,25). The third-order valence-electron chi connectivity index (χ3n) is 5.27. The zero-order valence-electron chi connectivity index (χ0n) is 15.7. The molecule has 1 amide bonds. The van der Waals surface area contributed by atoms with E-state index < -0.39 is 0 Å². The maximum Gasteiger partial charge on any atom is 0.257 e. The van der Waals surface area contributed by atoms with Gasteiger partial charge in [-0.2, -0.15) is 0 Å². The lowest BCUT2D eigenvalue weighted by Crippen LogP contribution is -2.35. The van der Waals surface area contributed by atoms with Crippen molar-refractivity contribution in [1.82, 2.24) is 9.88 Å². The minimum atomic E-state index is -0.0689. The van der Waals surface area contributed by atoms with Crippen LogP contribution in [-0.4, -0.2) is 42.1 Å². The number of amides is 1. The number of carbonyl (C=O) groups is 1. The number of aryl methyl sites for hydroxylation is 2. The molecule has 1 saturated heterocycles. The number of rotatable bonds is 4. The first kappa shape index (κ1) is 18.6. The number of ether oxygens (including phenoxy) is 1. The Morgan fingerprint density at radius 1 is 1.15 bits per heavy atom. The van der Waals surface area contributed by atoms with Gasteiger partial charge in [0.15, 0.2) is 5.13 Å². The Hall–Kier alpha value is -1.76. The smallest absolute Gasteiger partial charge is 0.257 e. The van der Waals surface area contributed by atoms with E-state index >= 15 is 0 Å². The van der Waals surface area contributed by atoms with Gasteiger partial charge < -0.3 is 4.74 Å². The number of aromatic nitrogens is 1. The fraction of sp³-hybridized carbons (Fsp3) is 0.524. The van der Waals surface area contributed by atoms with Crippen LogP contribution >= 0.6 is 11.3 Å². The maximum atomic E-state index is 12.7. The first-order chi connectivity index (χ1) is 13.3. The summed E-state index contributed by atoms with van der Waals surface area (Å²) in [5.41, 5.74) is 3.05. The molecule has 5 nitrogen and oxygen atoms in total. The lowest BCUT2D eigenvalue weighted by molar-refractivity contribution is 0.0342. The van der Waals surface area contributed by atoms with Gasteiger partial charge in [0.25, 0.3) is 5.91 Å². The van der Waals surface area contributed by atoms with E-state index in [9.17, 15) is 4.79 Å². The molecule has 0 radical (unpaired) electrons. The predicted octanol–water partition coefficient (Wildman–Crippen LogP) is 3.89. The Morgan fingerprint density at radius 2 is 1.96 bits per heavy atom. The molecule has 0 atom stereocenters. The second-order valence-electron chi connectivity index (χ2n) is 7.35. The molecule has 2 aromatic rings. The van der Waals surface area contributed by atoms with Crippen molar-refractivity contribution >= 4 is 22.4 Å². The molecule has 2 aliphatic rings. The number of anilines is 1. The van der Waals surface area contributed by atoms with Gasteiger partial charge in [0.05, 0.1) is 18.9 Å². The molecule has 1 aromatic heterocycles. The molecule has 1 N–H and O–H groups in total. The van der Waals surface area contributed by atoms with Crippen LogP contribution in [0.15, 0.2) is 24.3 Å². The van der Waals surface area contributed by atoms with Crippen LogP contribution in [0.4, 0.5) is 5.13 Å². The van der Waals surface area contributed by atoms with Crippen molar-refractivity contribution in [2.75, 3.05) is 31.6 Å². The van der Waals surface area contributed by atoms with Crippen LogP contribution in [0.2, 0.25) is 0 Å². The van der Waals surface area contributed by atoms with Crippen LogP contribution in [0.5, 0.6) is 0 Å². The molecule has 0 spiro atoms. The summed E-state index contributed by atoms with van der Waals surface area (Å²) in [6, 6.07) is 7.92. The highest BCUT2D eigenvalue weighted by Gasteiger charge is 2.16. The Bertz CT molecular complexity index is 758. The summed E-state index contributed by atoms with van der Waals surface area (Å²) in [4.78, 5) is 21.1. The van der Waals surface area contributed by atoms with Gasteiger partial charge in [0.2, 0.25) is 0 Å². The molecule has 1 aromatic carbocycles. The third kappa shape index (κ3) is 4.94. The average molecular weight is 386 g/mol. The highest BCUT2D eigenvalue weighted by molar-refractivity contribution is 7.15. The van der Waals surface area contributed by atoms with E-state index in [-0.39, 0.29) is 5.91 Å². The molecule has 6 heteroatoms. The van der Waals surface area contributed by atoms with E-state index in [2.05, 4.69) is 16.3 Å². The van der Waals surface area contributed by atoms with E-state index in [4.69, 9.17) is 9.72 Å². The summed E-state index contributed by atoms with van der Waals surface area (Å²) in [6.07, 6.45) is 7.15. The Morgan fingerprint density at radius 3 is 2.81 bits per heavy atom. The van der Waals surface area contributed by atoms with E-state index in [0.29, 0.717) is 5.56 Å². The summed E-state index contributed by atoms with van der Waals surface area (Å²) in [7, 11) is 0. The first-order valence-corrected chi connectivity index (χ1v) is 10.8. The Balaban J connectivity index is 1.42. The summed E-state index contributed by atoms with van der Waals surface area (Å²) in [6.45, 7) is 4.32. The summed E-state index contributed by atoms with van der Waals surface area (Å²) < 4.78 is 5.40. The first-order valence-electron chi connectivity index (χ1n) is 9.97. The van der Waals surface area contributed by atoms with Gasteiger partial charge in [0, 0.05) is 30.1 Å². The number of fused-ring (bicyclic) bond motifs is 1. The summed E-state index contributed by atoms with van der Waals surface area (Å²) >= 11 is 1.65. The molecule has 1 aliphatic heterocycles. The highest BCUT2D eigenvalue weighted by Crippen LogP contribution is 2.28. The Labute approximate surface area is 164 Å². The molecule has 144 valence electrons. The third-order valence-corrected chi connectivity index (χ3v) is 6.34. The van der Waals surface area contributed by atoms with Gasteiger partial charge >= 0.3 is 0 Å². The molecule has 0 bridgehead atoms. The second kappa shape index (κ2) is 8.95. The summed E-state index contributed by atoms with van der Waals surface area (Å²) in [5.74, 6) is -0.0689. The molecule has 2 heterocycles. The van der Waals surface area contributed by atoms with Crippen molar-refractivity contribution in [2.24, 2.45) is 0 Å². The van der Waals surface area contributed by atoms with Gasteiger partial charge in [-0.15, -0.1) is 11.3 Å². The van der Waals surface area contributed by atoms with Crippen molar-refractivity contribution in [1.29, 1.82) is 0 Å². The number of thiazole rings is 1. The number of nitrogens with one attached hydrogen (secondary N) is 1. The zero-order valence-corrected chi connectivity index (χ0v) is 16.5. The number of benzene rings is 1. The van der Waals surface area contributed by atoms with Crippen LogP contribution in [0.3, 0.4) is 0 Å². The zero-order chi connectivity index (χ0) is 18.5. The van der Waals surface area contributed by atoms with Crippen LogP contribution in [0.1, 0.15) is 52.2 Å². The number of hydrogen-bond acceptors (Lipinski definition) is 5. The normalized spacial score (nSPS) is 18.4. The van der Waals surface area contributed by atoms with Gasteiger partial charge in [-0.05, 0) is 43.4 Å². The fourth-order valence-corrected chi connectivity index (χ4v) is 4.80. The number of carbonyl (C=O) groups excluding carboxylic acids is 1. The molecule has 4 rings (SSSR count). The van der Waals surface area contributed by atoms with Crippen molar-refractivity contribution in [2.45, 2.75) is 45.1 Å². The van der Waals surface area contributed by atoms with Gasteiger partial charge in [-0.25, -0.2) is 4.98 Å². The van der Waals surface area contributed by atoms with Crippen molar-refractivity contribution < 1.29 is 9.53 Å². The molecule has 0 unspecified atom stereocenters. The van der Waals surface area contributed by atoms with E-state index in [1.807, 2.05) is 18.2 Å². The fourth-order valence-electron chi connectivity index (χ4n) is 3.76. The molecule has 1 aliphatic carbocycles. The van der Waals surface area contributed by atoms with Gasteiger partial charge in [-0.3, -0.25) is 15.0 Å². The highest BCUT2D eigenvalue weighted by atomic mass is 32.1. The predicted molar refractivity (Wildman–Crippen MR) is 108 cm³/mol. The topological polar surface area (TPSA) is 54.5 Å². The minimum Gasteiger partial charge on any atom is -0.379 e. The minimum absolute atomic E-state index is 0.0689. The largest absolute Gasteiger partial charge is 0.379 e. The Kier molecular flexibility index (Phi) is 6.17. The SMILES string of the molecule is O=C(Nc1nc2c(s1)CCCCCC2)c1cccc(CN2CCOCC2)c1.